The normalized spacial score (nSPS) is 11.3. The van der Waals surface area contributed by atoms with Crippen molar-refractivity contribution in [1.82, 2.24) is 4.98 Å². The average molecular weight is 236 g/mol. The van der Waals surface area contributed by atoms with E-state index in [0.717, 1.165) is 18.5 Å². The van der Waals surface area contributed by atoms with Crippen molar-refractivity contribution < 1.29 is 9.53 Å². The van der Waals surface area contributed by atoms with Crippen LogP contribution >= 0.6 is 0 Å². The Kier molecular flexibility index (Phi) is 4.63. The SMILES string of the molecule is CC(C)(C)OC(=O)c1ccnc(CCCN)c1. The van der Waals surface area contributed by atoms with Crippen LogP contribution in [-0.2, 0) is 11.2 Å². The third-order valence-electron chi connectivity index (χ3n) is 2.09. The molecule has 0 aliphatic heterocycles. The summed E-state index contributed by atoms with van der Waals surface area (Å²) >= 11 is 0. The molecule has 0 unspecified atom stereocenters. The quantitative estimate of drug-likeness (QED) is 0.811. The van der Waals surface area contributed by atoms with E-state index in [0.29, 0.717) is 12.1 Å². The molecule has 2 N–H and O–H groups in total. The minimum Gasteiger partial charge on any atom is -0.456 e. The fraction of sp³-hybridized carbons (Fsp3) is 0.538. The first-order chi connectivity index (χ1) is 7.92. The number of carbonyl (C=O) groups is 1. The van der Waals surface area contributed by atoms with Gasteiger partial charge < -0.3 is 10.5 Å². The maximum atomic E-state index is 11.8. The molecule has 1 aromatic rings. The highest BCUT2D eigenvalue weighted by Gasteiger charge is 2.17. The number of aromatic nitrogens is 1. The lowest BCUT2D eigenvalue weighted by atomic mass is 10.1. The molecule has 0 aliphatic carbocycles. The fourth-order valence-corrected chi connectivity index (χ4v) is 1.36. The molecule has 17 heavy (non-hydrogen) atoms. The van der Waals surface area contributed by atoms with Crippen LogP contribution < -0.4 is 5.73 Å². The summed E-state index contributed by atoms with van der Waals surface area (Å²) in [4.78, 5) is 16.0. The third kappa shape index (κ3) is 4.95. The maximum absolute atomic E-state index is 11.8. The van der Waals surface area contributed by atoms with Gasteiger partial charge in [0.05, 0.1) is 5.56 Å². The van der Waals surface area contributed by atoms with Crippen molar-refractivity contribution in [2.75, 3.05) is 6.54 Å². The molecule has 0 bridgehead atoms. The molecule has 0 fully saturated rings. The van der Waals surface area contributed by atoms with Gasteiger partial charge >= 0.3 is 5.97 Å². The van der Waals surface area contributed by atoms with E-state index in [1.54, 1.807) is 18.3 Å². The standard InChI is InChI=1S/C13H20N2O2/c1-13(2,3)17-12(16)10-6-8-15-11(9-10)5-4-7-14/h6,8-9H,4-5,7,14H2,1-3H3. The number of hydrogen-bond donors (Lipinski definition) is 1. The number of esters is 1. The van der Waals surface area contributed by atoms with Crippen molar-refractivity contribution >= 4 is 5.97 Å². The second kappa shape index (κ2) is 5.77. The molecular formula is C13H20N2O2. The van der Waals surface area contributed by atoms with Gasteiger partial charge in [-0.05, 0) is 52.3 Å². The van der Waals surface area contributed by atoms with E-state index in [-0.39, 0.29) is 5.97 Å². The van der Waals surface area contributed by atoms with Crippen molar-refractivity contribution in [3.05, 3.63) is 29.6 Å². The van der Waals surface area contributed by atoms with Gasteiger partial charge in [0, 0.05) is 11.9 Å². The summed E-state index contributed by atoms with van der Waals surface area (Å²) in [5.41, 5.74) is 6.38. The van der Waals surface area contributed by atoms with E-state index < -0.39 is 5.60 Å². The van der Waals surface area contributed by atoms with E-state index >= 15 is 0 Å². The molecule has 0 aromatic carbocycles. The van der Waals surface area contributed by atoms with Crippen molar-refractivity contribution in [3.8, 4) is 0 Å². The largest absolute Gasteiger partial charge is 0.456 e. The molecule has 94 valence electrons. The molecule has 1 heterocycles. The predicted molar refractivity (Wildman–Crippen MR) is 66.8 cm³/mol. The fourth-order valence-electron chi connectivity index (χ4n) is 1.36. The molecule has 0 atom stereocenters. The summed E-state index contributed by atoms with van der Waals surface area (Å²) < 4.78 is 5.29. The molecule has 0 radical (unpaired) electrons. The Morgan fingerprint density at radius 2 is 2.18 bits per heavy atom. The highest BCUT2D eigenvalue weighted by molar-refractivity contribution is 5.89. The Bertz CT molecular complexity index is 383. The summed E-state index contributed by atoms with van der Waals surface area (Å²) in [7, 11) is 0. The lowest BCUT2D eigenvalue weighted by Gasteiger charge is -2.19. The summed E-state index contributed by atoms with van der Waals surface area (Å²) in [6, 6.07) is 3.43. The van der Waals surface area contributed by atoms with Crippen molar-refractivity contribution in [2.45, 2.75) is 39.2 Å². The minimum absolute atomic E-state index is 0.311. The number of nitrogens with two attached hydrogens (primary N) is 1. The molecule has 1 aromatic heterocycles. The number of carbonyl (C=O) groups excluding carboxylic acids is 1. The first kappa shape index (κ1) is 13.6. The Morgan fingerprint density at radius 3 is 2.76 bits per heavy atom. The van der Waals surface area contributed by atoms with Crippen LogP contribution in [0.25, 0.3) is 0 Å². The monoisotopic (exact) mass is 236 g/mol. The molecule has 0 amide bonds. The van der Waals surface area contributed by atoms with Crippen LogP contribution in [0.5, 0.6) is 0 Å². The Balaban J connectivity index is 2.74. The number of hydrogen-bond acceptors (Lipinski definition) is 4. The van der Waals surface area contributed by atoms with E-state index in [1.165, 1.54) is 0 Å². The molecule has 1 rings (SSSR count). The maximum Gasteiger partial charge on any atom is 0.338 e. The third-order valence-corrected chi connectivity index (χ3v) is 2.09. The van der Waals surface area contributed by atoms with Gasteiger partial charge in [-0.2, -0.15) is 0 Å². The highest BCUT2D eigenvalue weighted by atomic mass is 16.6. The Morgan fingerprint density at radius 1 is 1.47 bits per heavy atom. The van der Waals surface area contributed by atoms with Crippen LogP contribution in [0.1, 0.15) is 43.2 Å². The molecule has 0 saturated heterocycles. The molecule has 0 aliphatic rings. The van der Waals surface area contributed by atoms with Gasteiger partial charge in [-0.3, -0.25) is 4.98 Å². The lowest BCUT2D eigenvalue weighted by molar-refractivity contribution is 0.00692. The number of aryl methyl sites for hydroxylation is 1. The molecule has 0 spiro atoms. The predicted octanol–water partition coefficient (Wildman–Crippen LogP) is 1.93. The highest BCUT2D eigenvalue weighted by Crippen LogP contribution is 2.12. The second-order valence-corrected chi connectivity index (χ2v) is 4.93. The summed E-state index contributed by atoms with van der Waals surface area (Å²) in [6.07, 6.45) is 3.28. The van der Waals surface area contributed by atoms with Gasteiger partial charge in [0.25, 0.3) is 0 Å². The number of ether oxygens (including phenoxy) is 1. The number of rotatable bonds is 4. The first-order valence-electron chi connectivity index (χ1n) is 5.81. The van der Waals surface area contributed by atoms with Crippen LogP contribution in [0.15, 0.2) is 18.3 Å². The first-order valence-corrected chi connectivity index (χ1v) is 5.81. The molecular weight excluding hydrogens is 216 g/mol. The van der Waals surface area contributed by atoms with Crippen LogP contribution in [0, 0.1) is 0 Å². The Hall–Kier alpha value is -1.42. The zero-order valence-corrected chi connectivity index (χ0v) is 10.7. The minimum atomic E-state index is -0.474. The topological polar surface area (TPSA) is 65.2 Å². The number of nitrogens with zero attached hydrogens (tertiary/aromatic N) is 1. The second-order valence-electron chi connectivity index (χ2n) is 4.93. The zero-order chi connectivity index (χ0) is 12.9. The van der Waals surface area contributed by atoms with Crippen molar-refractivity contribution in [3.63, 3.8) is 0 Å². The van der Waals surface area contributed by atoms with Crippen LogP contribution in [0.2, 0.25) is 0 Å². The summed E-state index contributed by atoms with van der Waals surface area (Å²) in [5.74, 6) is -0.311. The Labute approximate surface area is 102 Å². The average Bonchev–Trinajstić information content (AvgIpc) is 2.24. The van der Waals surface area contributed by atoms with Crippen LogP contribution in [0.3, 0.4) is 0 Å². The molecule has 4 heteroatoms. The van der Waals surface area contributed by atoms with Crippen LogP contribution in [-0.4, -0.2) is 23.1 Å². The van der Waals surface area contributed by atoms with E-state index in [1.807, 2.05) is 20.8 Å². The van der Waals surface area contributed by atoms with Gasteiger partial charge in [-0.25, -0.2) is 4.79 Å². The molecule has 4 nitrogen and oxygen atoms in total. The van der Waals surface area contributed by atoms with E-state index in [2.05, 4.69) is 4.98 Å². The molecule has 0 saturated carbocycles. The van der Waals surface area contributed by atoms with Gasteiger partial charge in [0.15, 0.2) is 0 Å². The zero-order valence-electron chi connectivity index (χ0n) is 10.7. The lowest BCUT2D eigenvalue weighted by Crippen LogP contribution is -2.24. The smallest absolute Gasteiger partial charge is 0.338 e. The van der Waals surface area contributed by atoms with Crippen LogP contribution in [0.4, 0.5) is 0 Å². The van der Waals surface area contributed by atoms with Gasteiger partial charge in [-0.15, -0.1) is 0 Å². The summed E-state index contributed by atoms with van der Waals surface area (Å²) in [5, 5.41) is 0. The van der Waals surface area contributed by atoms with Gasteiger partial charge in [-0.1, -0.05) is 0 Å². The van der Waals surface area contributed by atoms with Gasteiger partial charge in [0.2, 0.25) is 0 Å². The van der Waals surface area contributed by atoms with Gasteiger partial charge in [0.1, 0.15) is 5.60 Å². The summed E-state index contributed by atoms with van der Waals surface area (Å²) in [6.45, 7) is 6.17. The number of pyridine rings is 1. The van der Waals surface area contributed by atoms with E-state index in [9.17, 15) is 4.79 Å². The van der Waals surface area contributed by atoms with Crippen molar-refractivity contribution in [2.24, 2.45) is 5.73 Å². The van der Waals surface area contributed by atoms with Crippen molar-refractivity contribution in [1.29, 1.82) is 0 Å². The van der Waals surface area contributed by atoms with E-state index in [4.69, 9.17) is 10.5 Å².